The molecule has 1 aliphatic carbocycles. The fourth-order valence-electron chi connectivity index (χ4n) is 2.20. The van der Waals surface area contributed by atoms with E-state index >= 15 is 0 Å². The Bertz CT molecular complexity index is 625. The van der Waals surface area contributed by atoms with Crippen LogP contribution >= 0.6 is 0 Å². The lowest BCUT2D eigenvalue weighted by Crippen LogP contribution is -2.34. The second kappa shape index (κ2) is 5.45. The Kier molecular flexibility index (Phi) is 3.50. The summed E-state index contributed by atoms with van der Waals surface area (Å²) in [6, 6.07) is 8.21. The maximum absolute atomic E-state index is 11.7. The predicted octanol–water partition coefficient (Wildman–Crippen LogP) is 2.16. The van der Waals surface area contributed by atoms with E-state index in [1.807, 2.05) is 36.1 Å². The quantitative estimate of drug-likeness (QED) is 0.780. The minimum atomic E-state index is -0.226. The van der Waals surface area contributed by atoms with Gasteiger partial charge in [-0.25, -0.2) is 9.97 Å². The maximum Gasteiger partial charge on any atom is 0.325 e. The van der Waals surface area contributed by atoms with E-state index in [9.17, 15) is 4.79 Å². The van der Waals surface area contributed by atoms with Crippen LogP contribution in [0.1, 0.15) is 19.8 Å². The van der Waals surface area contributed by atoms with Gasteiger partial charge in [0.25, 0.3) is 0 Å². The van der Waals surface area contributed by atoms with E-state index in [0.717, 1.165) is 23.7 Å². The van der Waals surface area contributed by atoms with Crippen LogP contribution < -0.4 is 4.90 Å². The molecule has 1 aromatic heterocycles. The van der Waals surface area contributed by atoms with Crippen LogP contribution in [0.2, 0.25) is 0 Å². The van der Waals surface area contributed by atoms with Crippen molar-refractivity contribution in [2.75, 3.05) is 18.1 Å². The number of ether oxygens (including phenoxy) is 1. The van der Waals surface area contributed by atoms with Gasteiger partial charge in [-0.1, -0.05) is 18.2 Å². The van der Waals surface area contributed by atoms with Crippen LogP contribution in [0.3, 0.4) is 0 Å². The summed E-state index contributed by atoms with van der Waals surface area (Å²) in [5.74, 6) is 0.385. The van der Waals surface area contributed by atoms with E-state index in [0.29, 0.717) is 18.6 Å². The van der Waals surface area contributed by atoms with Gasteiger partial charge < -0.3 is 9.64 Å². The van der Waals surface area contributed by atoms with Crippen molar-refractivity contribution < 1.29 is 9.53 Å². The van der Waals surface area contributed by atoms with Gasteiger partial charge in [0, 0.05) is 17.6 Å². The van der Waals surface area contributed by atoms with Gasteiger partial charge in [-0.15, -0.1) is 0 Å². The second-order valence-corrected chi connectivity index (χ2v) is 4.89. The lowest BCUT2D eigenvalue weighted by Gasteiger charge is -2.21. The zero-order valence-electron chi connectivity index (χ0n) is 11.5. The van der Waals surface area contributed by atoms with Crippen molar-refractivity contribution in [2.24, 2.45) is 0 Å². The number of nitrogens with zero attached hydrogens (tertiary/aromatic N) is 3. The summed E-state index contributed by atoms with van der Waals surface area (Å²) < 4.78 is 5.02. The van der Waals surface area contributed by atoms with Gasteiger partial charge in [-0.2, -0.15) is 0 Å². The molecule has 0 radical (unpaired) electrons. The lowest BCUT2D eigenvalue weighted by atomic mass is 10.2. The average Bonchev–Trinajstić information content (AvgIpc) is 3.29. The highest BCUT2D eigenvalue weighted by atomic mass is 16.5. The Hall–Kier alpha value is -2.17. The summed E-state index contributed by atoms with van der Waals surface area (Å²) in [6.07, 6.45) is 3.96. The third kappa shape index (κ3) is 2.71. The molecule has 2 aromatic rings. The number of hydrogen-bond acceptors (Lipinski definition) is 5. The van der Waals surface area contributed by atoms with Gasteiger partial charge >= 0.3 is 5.97 Å². The monoisotopic (exact) mass is 271 g/mol. The lowest BCUT2D eigenvalue weighted by molar-refractivity contribution is -0.141. The van der Waals surface area contributed by atoms with Crippen LogP contribution in [0.5, 0.6) is 0 Å². The number of esters is 1. The molecular weight excluding hydrogens is 254 g/mol. The minimum absolute atomic E-state index is 0.219. The summed E-state index contributed by atoms with van der Waals surface area (Å²) in [4.78, 5) is 22.6. The molecule has 0 unspecified atom stereocenters. The molecule has 5 nitrogen and oxygen atoms in total. The molecule has 104 valence electrons. The highest BCUT2D eigenvalue weighted by Crippen LogP contribution is 2.30. The van der Waals surface area contributed by atoms with E-state index < -0.39 is 0 Å². The Morgan fingerprint density at radius 3 is 2.95 bits per heavy atom. The van der Waals surface area contributed by atoms with Crippen molar-refractivity contribution in [3.8, 4) is 0 Å². The van der Waals surface area contributed by atoms with Crippen molar-refractivity contribution in [3.63, 3.8) is 0 Å². The SMILES string of the molecule is CCOC(=O)CN(c1ncc2ccccc2n1)C1CC1. The first-order valence-corrected chi connectivity index (χ1v) is 6.92. The van der Waals surface area contributed by atoms with Crippen molar-refractivity contribution >= 4 is 22.8 Å². The number of carbonyl (C=O) groups is 1. The van der Waals surface area contributed by atoms with Crippen molar-refractivity contribution in [1.82, 2.24) is 9.97 Å². The molecule has 5 heteroatoms. The number of aromatic nitrogens is 2. The number of benzene rings is 1. The Balaban J connectivity index is 1.87. The van der Waals surface area contributed by atoms with Gasteiger partial charge in [0.15, 0.2) is 0 Å². The zero-order valence-corrected chi connectivity index (χ0v) is 11.5. The Morgan fingerprint density at radius 2 is 2.20 bits per heavy atom. The highest BCUT2D eigenvalue weighted by molar-refractivity contribution is 5.80. The molecule has 0 saturated heterocycles. The van der Waals surface area contributed by atoms with E-state index in [1.165, 1.54) is 0 Å². The summed E-state index contributed by atoms with van der Waals surface area (Å²) in [5.41, 5.74) is 0.895. The molecule has 20 heavy (non-hydrogen) atoms. The Labute approximate surface area is 117 Å². The van der Waals surface area contributed by atoms with E-state index in [-0.39, 0.29) is 12.5 Å². The molecule has 1 saturated carbocycles. The number of para-hydroxylation sites is 1. The topological polar surface area (TPSA) is 55.3 Å². The smallest absolute Gasteiger partial charge is 0.325 e. The second-order valence-electron chi connectivity index (χ2n) is 4.89. The molecule has 0 N–H and O–H groups in total. The number of hydrogen-bond donors (Lipinski definition) is 0. The van der Waals surface area contributed by atoms with Crippen LogP contribution in [0, 0.1) is 0 Å². The number of fused-ring (bicyclic) bond motifs is 1. The molecule has 1 aliphatic rings. The minimum Gasteiger partial charge on any atom is -0.465 e. The van der Waals surface area contributed by atoms with Crippen LogP contribution in [0.25, 0.3) is 10.9 Å². The van der Waals surface area contributed by atoms with Crippen molar-refractivity contribution in [3.05, 3.63) is 30.5 Å². The van der Waals surface area contributed by atoms with Crippen LogP contribution in [-0.2, 0) is 9.53 Å². The molecule has 0 bridgehead atoms. The van der Waals surface area contributed by atoms with Gasteiger partial charge in [0.1, 0.15) is 6.54 Å². The first-order valence-electron chi connectivity index (χ1n) is 6.92. The Morgan fingerprint density at radius 1 is 1.40 bits per heavy atom. The molecule has 0 amide bonds. The molecule has 1 aromatic carbocycles. The van der Waals surface area contributed by atoms with Crippen LogP contribution in [0.4, 0.5) is 5.95 Å². The third-order valence-electron chi connectivity index (χ3n) is 3.33. The van der Waals surface area contributed by atoms with Crippen LogP contribution in [0.15, 0.2) is 30.5 Å². The molecule has 0 aliphatic heterocycles. The molecule has 3 rings (SSSR count). The number of anilines is 1. The van der Waals surface area contributed by atoms with Crippen LogP contribution in [-0.4, -0.2) is 35.1 Å². The zero-order chi connectivity index (χ0) is 13.9. The van der Waals surface area contributed by atoms with Gasteiger partial charge in [-0.05, 0) is 25.8 Å². The maximum atomic E-state index is 11.7. The summed E-state index contributed by atoms with van der Waals surface area (Å²) in [5, 5.41) is 1.00. The normalized spacial score (nSPS) is 14.2. The standard InChI is InChI=1S/C15H17N3O2/c1-2-20-14(19)10-18(12-7-8-12)15-16-9-11-5-3-4-6-13(11)17-15/h3-6,9,12H,2,7-8,10H2,1H3. The first kappa shape index (κ1) is 12.8. The van der Waals surface area contributed by atoms with Crippen molar-refractivity contribution in [1.29, 1.82) is 0 Å². The fourth-order valence-corrected chi connectivity index (χ4v) is 2.20. The molecule has 1 heterocycles. The number of rotatable bonds is 5. The molecular formula is C15H17N3O2. The molecule has 0 spiro atoms. The fraction of sp³-hybridized carbons (Fsp3) is 0.400. The van der Waals surface area contributed by atoms with Gasteiger partial charge in [0.05, 0.1) is 12.1 Å². The molecule has 1 fully saturated rings. The highest BCUT2D eigenvalue weighted by Gasteiger charge is 2.32. The number of carbonyl (C=O) groups excluding carboxylic acids is 1. The van der Waals surface area contributed by atoms with Gasteiger partial charge in [0.2, 0.25) is 5.95 Å². The largest absolute Gasteiger partial charge is 0.465 e. The van der Waals surface area contributed by atoms with E-state index in [1.54, 1.807) is 6.20 Å². The van der Waals surface area contributed by atoms with E-state index in [2.05, 4.69) is 9.97 Å². The summed E-state index contributed by atoms with van der Waals surface area (Å²) in [7, 11) is 0. The summed E-state index contributed by atoms with van der Waals surface area (Å²) >= 11 is 0. The predicted molar refractivity (Wildman–Crippen MR) is 76.5 cm³/mol. The third-order valence-corrected chi connectivity index (χ3v) is 3.33. The van der Waals surface area contributed by atoms with Gasteiger partial charge in [-0.3, -0.25) is 4.79 Å². The van der Waals surface area contributed by atoms with Crippen molar-refractivity contribution in [2.45, 2.75) is 25.8 Å². The summed E-state index contributed by atoms with van der Waals surface area (Å²) in [6.45, 7) is 2.43. The molecule has 0 atom stereocenters. The average molecular weight is 271 g/mol. The first-order chi connectivity index (χ1) is 9.78. The van der Waals surface area contributed by atoms with E-state index in [4.69, 9.17) is 4.74 Å².